The second-order valence-corrected chi connectivity index (χ2v) is 6.45. The fourth-order valence-electron chi connectivity index (χ4n) is 3.05. The zero-order chi connectivity index (χ0) is 16.8. The van der Waals surface area contributed by atoms with Crippen molar-refractivity contribution in [1.29, 1.82) is 0 Å². The van der Waals surface area contributed by atoms with E-state index in [2.05, 4.69) is 15.7 Å². The summed E-state index contributed by atoms with van der Waals surface area (Å²) in [6.45, 7) is 0.708. The molecule has 1 aliphatic rings. The third-order valence-electron chi connectivity index (χ3n) is 4.47. The zero-order valence-corrected chi connectivity index (χ0v) is 13.7. The Kier molecular flexibility index (Phi) is 5.15. The van der Waals surface area contributed by atoms with Crippen molar-refractivity contribution in [3.8, 4) is 5.69 Å². The number of urea groups is 1. The fourth-order valence-corrected chi connectivity index (χ4v) is 3.05. The van der Waals surface area contributed by atoms with Crippen LogP contribution in [0, 0.1) is 0 Å². The van der Waals surface area contributed by atoms with Crippen molar-refractivity contribution in [3.63, 3.8) is 0 Å². The van der Waals surface area contributed by atoms with E-state index in [1.807, 2.05) is 36.5 Å². The van der Waals surface area contributed by atoms with Crippen molar-refractivity contribution in [2.45, 2.75) is 44.2 Å². The van der Waals surface area contributed by atoms with Crippen LogP contribution in [-0.4, -0.2) is 33.1 Å². The maximum atomic E-state index is 11.9. The van der Waals surface area contributed by atoms with E-state index in [9.17, 15) is 9.90 Å². The van der Waals surface area contributed by atoms with Crippen LogP contribution in [0.2, 0.25) is 0 Å². The minimum absolute atomic E-state index is 0.263. The van der Waals surface area contributed by atoms with Crippen LogP contribution in [0.5, 0.6) is 0 Å². The van der Waals surface area contributed by atoms with E-state index in [0.717, 1.165) is 36.9 Å². The van der Waals surface area contributed by atoms with E-state index in [1.165, 1.54) is 6.42 Å². The van der Waals surface area contributed by atoms with E-state index in [-0.39, 0.29) is 6.03 Å². The molecule has 1 aliphatic carbocycles. The van der Waals surface area contributed by atoms with Crippen molar-refractivity contribution in [3.05, 3.63) is 48.3 Å². The molecule has 0 aliphatic heterocycles. The topological polar surface area (TPSA) is 79.2 Å². The summed E-state index contributed by atoms with van der Waals surface area (Å²) < 4.78 is 1.78. The van der Waals surface area contributed by atoms with E-state index in [1.54, 1.807) is 10.9 Å². The number of hydrogen-bond acceptors (Lipinski definition) is 3. The molecule has 2 amide bonds. The maximum Gasteiger partial charge on any atom is 0.315 e. The molecule has 6 nitrogen and oxygen atoms in total. The molecular weight excluding hydrogens is 304 g/mol. The van der Waals surface area contributed by atoms with E-state index >= 15 is 0 Å². The lowest BCUT2D eigenvalue weighted by Gasteiger charge is -2.32. The summed E-state index contributed by atoms with van der Waals surface area (Å²) in [5.41, 5.74) is 1.16. The second kappa shape index (κ2) is 7.49. The number of para-hydroxylation sites is 1. The largest absolute Gasteiger partial charge is 0.388 e. The molecule has 24 heavy (non-hydrogen) atoms. The van der Waals surface area contributed by atoms with E-state index < -0.39 is 5.60 Å². The number of amides is 2. The van der Waals surface area contributed by atoms with Crippen LogP contribution < -0.4 is 10.6 Å². The molecule has 3 rings (SSSR count). The van der Waals surface area contributed by atoms with Crippen LogP contribution in [0.25, 0.3) is 5.69 Å². The average Bonchev–Trinajstić information content (AvgIpc) is 3.09. The number of aromatic nitrogens is 2. The first-order valence-electron chi connectivity index (χ1n) is 8.48. The van der Waals surface area contributed by atoms with Crippen molar-refractivity contribution in [2.24, 2.45) is 0 Å². The molecule has 1 aromatic carbocycles. The van der Waals surface area contributed by atoms with Gasteiger partial charge in [0.15, 0.2) is 0 Å². The smallest absolute Gasteiger partial charge is 0.315 e. The first kappa shape index (κ1) is 16.5. The summed E-state index contributed by atoms with van der Waals surface area (Å²) in [5, 5.41) is 20.3. The van der Waals surface area contributed by atoms with Crippen molar-refractivity contribution in [2.75, 3.05) is 6.54 Å². The maximum absolute atomic E-state index is 11.9. The van der Waals surface area contributed by atoms with Crippen LogP contribution in [-0.2, 0) is 6.54 Å². The third-order valence-corrected chi connectivity index (χ3v) is 4.47. The van der Waals surface area contributed by atoms with Crippen molar-refractivity contribution >= 4 is 6.03 Å². The van der Waals surface area contributed by atoms with Gasteiger partial charge in [0.25, 0.3) is 0 Å². The highest BCUT2D eigenvalue weighted by molar-refractivity contribution is 5.73. The number of hydrogen-bond donors (Lipinski definition) is 3. The van der Waals surface area contributed by atoms with Gasteiger partial charge in [-0.1, -0.05) is 37.5 Å². The van der Waals surface area contributed by atoms with Gasteiger partial charge in [-0.2, -0.15) is 5.10 Å². The Morgan fingerprint density at radius 3 is 2.67 bits per heavy atom. The number of nitrogens with one attached hydrogen (secondary N) is 2. The second-order valence-electron chi connectivity index (χ2n) is 6.45. The minimum atomic E-state index is -0.742. The Morgan fingerprint density at radius 1 is 1.17 bits per heavy atom. The minimum Gasteiger partial charge on any atom is -0.388 e. The van der Waals surface area contributed by atoms with Crippen molar-refractivity contribution in [1.82, 2.24) is 20.4 Å². The van der Waals surface area contributed by atoms with Gasteiger partial charge >= 0.3 is 6.03 Å². The number of carbonyl (C=O) groups excluding carboxylic acids is 1. The summed E-state index contributed by atoms with van der Waals surface area (Å²) in [5.74, 6) is 0. The van der Waals surface area contributed by atoms with Gasteiger partial charge in [-0.15, -0.1) is 0 Å². The normalized spacial score (nSPS) is 16.5. The Morgan fingerprint density at radius 2 is 1.92 bits per heavy atom. The van der Waals surface area contributed by atoms with Gasteiger partial charge in [-0.3, -0.25) is 0 Å². The van der Waals surface area contributed by atoms with Gasteiger partial charge < -0.3 is 15.7 Å². The molecular formula is C18H24N4O2. The Labute approximate surface area is 141 Å². The van der Waals surface area contributed by atoms with Gasteiger partial charge in [0.1, 0.15) is 0 Å². The molecule has 1 fully saturated rings. The quantitative estimate of drug-likeness (QED) is 0.788. The average molecular weight is 328 g/mol. The Bertz CT molecular complexity index is 663. The number of benzene rings is 1. The van der Waals surface area contributed by atoms with E-state index in [0.29, 0.717) is 13.1 Å². The molecule has 1 saturated carbocycles. The predicted octanol–water partition coefficient (Wildman–Crippen LogP) is 2.37. The zero-order valence-electron chi connectivity index (χ0n) is 13.7. The molecule has 0 radical (unpaired) electrons. The molecule has 0 spiro atoms. The van der Waals surface area contributed by atoms with Gasteiger partial charge in [-0.05, 0) is 25.0 Å². The highest BCUT2D eigenvalue weighted by Crippen LogP contribution is 2.27. The number of rotatable bonds is 5. The summed E-state index contributed by atoms with van der Waals surface area (Å²) in [6, 6.07) is 9.56. The Balaban J connectivity index is 1.46. The summed E-state index contributed by atoms with van der Waals surface area (Å²) in [4.78, 5) is 11.9. The van der Waals surface area contributed by atoms with Crippen LogP contribution >= 0.6 is 0 Å². The first-order chi connectivity index (χ1) is 11.6. The molecule has 1 heterocycles. The first-order valence-corrected chi connectivity index (χ1v) is 8.48. The predicted molar refractivity (Wildman–Crippen MR) is 91.8 cm³/mol. The highest BCUT2D eigenvalue weighted by atomic mass is 16.3. The molecule has 0 saturated heterocycles. The summed E-state index contributed by atoms with van der Waals surface area (Å²) in [7, 11) is 0. The molecule has 2 aromatic rings. The van der Waals surface area contributed by atoms with Crippen molar-refractivity contribution < 1.29 is 9.90 Å². The van der Waals surface area contributed by atoms with Crippen LogP contribution in [0.1, 0.15) is 37.7 Å². The molecule has 6 heteroatoms. The van der Waals surface area contributed by atoms with Crippen LogP contribution in [0.3, 0.4) is 0 Å². The van der Waals surface area contributed by atoms with Gasteiger partial charge in [0.05, 0.1) is 17.5 Å². The standard InChI is InChI=1S/C18H24N4O2/c23-17(20-14-18(24)9-5-2-6-10-18)19-11-15-12-21-22(13-15)16-7-3-1-4-8-16/h1,3-4,7-8,12-13,24H,2,5-6,9-11,14H2,(H2,19,20,23). The molecule has 3 N–H and O–H groups in total. The Hall–Kier alpha value is -2.34. The van der Waals surface area contributed by atoms with Gasteiger partial charge in [0, 0.05) is 24.8 Å². The van der Waals surface area contributed by atoms with Crippen LogP contribution in [0.4, 0.5) is 4.79 Å². The molecule has 0 unspecified atom stereocenters. The lowest BCUT2D eigenvalue weighted by molar-refractivity contribution is 0.00719. The highest BCUT2D eigenvalue weighted by Gasteiger charge is 2.29. The van der Waals surface area contributed by atoms with Gasteiger partial charge in [-0.25, -0.2) is 9.48 Å². The molecule has 0 atom stereocenters. The lowest BCUT2D eigenvalue weighted by atomic mass is 9.85. The third kappa shape index (κ3) is 4.35. The molecule has 1 aromatic heterocycles. The monoisotopic (exact) mass is 328 g/mol. The van der Waals surface area contributed by atoms with E-state index in [4.69, 9.17) is 0 Å². The fraction of sp³-hybridized carbons (Fsp3) is 0.444. The summed E-state index contributed by atoms with van der Waals surface area (Å²) >= 11 is 0. The SMILES string of the molecule is O=C(NCc1cnn(-c2ccccc2)c1)NCC1(O)CCCCC1. The number of nitrogens with zero attached hydrogens (tertiary/aromatic N) is 2. The lowest BCUT2D eigenvalue weighted by Crippen LogP contribution is -2.47. The summed E-state index contributed by atoms with van der Waals surface area (Å²) in [6.07, 6.45) is 8.37. The van der Waals surface area contributed by atoms with Gasteiger partial charge in [0.2, 0.25) is 0 Å². The van der Waals surface area contributed by atoms with Crippen LogP contribution in [0.15, 0.2) is 42.7 Å². The molecule has 0 bridgehead atoms. The number of carbonyl (C=O) groups is 1. The number of aliphatic hydroxyl groups is 1. The molecule has 128 valence electrons.